The van der Waals surface area contributed by atoms with Gasteiger partial charge in [-0.1, -0.05) is 0 Å². The Balaban J connectivity index is 1.22. The molecule has 0 radical (unpaired) electrons. The van der Waals surface area contributed by atoms with Gasteiger partial charge in [-0.3, -0.25) is 4.79 Å². The van der Waals surface area contributed by atoms with Crippen LogP contribution in [-0.4, -0.2) is 54.6 Å². The molecule has 4 fully saturated rings. The van der Waals surface area contributed by atoms with Gasteiger partial charge in [0.15, 0.2) is 11.5 Å². The van der Waals surface area contributed by atoms with Crippen LogP contribution < -0.4 is 4.74 Å². The lowest BCUT2D eigenvalue weighted by molar-refractivity contribution is 0.0696. The number of likely N-dealkylation sites (tertiary alicyclic amines) is 1. The maximum Gasteiger partial charge on any atom is 0.255 e. The first kappa shape index (κ1) is 18.9. The molecule has 8 heteroatoms. The summed E-state index contributed by atoms with van der Waals surface area (Å²) in [5.41, 5.74) is 4.14. The summed E-state index contributed by atoms with van der Waals surface area (Å²) in [7, 11) is 3.64. The smallest absolute Gasteiger partial charge is 0.255 e. The van der Waals surface area contributed by atoms with E-state index in [4.69, 9.17) is 14.7 Å². The van der Waals surface area contributed by atoms with E-state index in [1.807, 2.05) is 23.7 Å². The average Bonchev–Trinajstić information content (AvgIpc) is 3.66. The molecule has 172 valence electrons. The minimum absolute atomic E-state index is 0.112. The van der Waals surface area contributed by atoms with Gasteiger partial charge in [0.25, 0.3) is 5.91 Å². The average molecular weight is 455 g/mol. The molecule has 8 nitrogen and oxygen atoms in total. The number of ether oxygens (including phenoxy) is 1. The Bertz CT molecular complexity index is 1510. The number of pyridine rings is 2. The number of aromatic nitrogens is 5. The summed E-state index contributed by atoms with van der Waals surface area (Å²) in [6.07, 6.45) is 5.54. The van der Waals surface area contributed by atoms with E-state index in [-0.39, 0.29) is 5.91 Å². The fraction of sp³-hybridized carbons (Fsp3) is 0.462. The molecule has 4 atom stereocenters. The zero-order chi connectivity index (χ0) is 22.7. The lowest BCUT2D eigenvalue weighted by atomic mass is 9.85. The lowest BCUT2D eigenvalue weighted by Gasteiger charge is -2.30. The number of amides is 1. The molecule has 0 bridgehead atoms. The Morgan fingerprint density at radius 2 is 2.06 bits per heavy atom. The minimum Gasteiger partial charge on any atom is -0.481 e. The standard InChI is InChI=1S/C26H26N6O2/c1-30-24-18(8-15(10-27-24)26(33)32-12-16-7-17-21(16)22(17)32)28-25(30)19-9-14-5-6-20(34-2)29-23(14)31(19)11-13-3-4-13/h5-6,8-10,13,16-17,21-22H,3-4,7,11-12H2,1-2H3/t16-,17?,21+,22-/m1/s1. The first-order valence-corrected chi connectivity index (χ1v) is 12.3. The van der Waals surface area contributed by atoms with E-state index in [9.17, 15) is 4.79 Å². The predicted octanol–water partition coefficient (Wildman–Crippen LogP) is 3.49. The van der Waals surface area contributed by atoms with E-state index in [0.29, 0.717) is 23.4 Å². The van der Waals surface area contributed by atoms with E-state index in [0.717, 1.165) is 64.6 Å². The Labute approximate surface area is 196 Å². The van der Waals surface area contributed by atoms with Crippen molar-refractivity contribution in [3.8, 4) is 17.4 Å². The molecule has 3 aliphatic carbocycles. The molecule has 1 aliphatic heterocycles. The second-order valence-electron chi connectivity index (χ2n) is 10.6. The van der Waals surface area contributed by atoms with Crippen molar-refractivity contribution >= 4 is 28.1 Å². The number of carbonyl (C=O) groups is 1. The van der Waals surface area contributed by atoms with Crippen LogP contribution in [0.4, 0.5) is 0 Å². The van der Waals surface area contributed by atoms with Crippen LogP contribution >= 0.6 is 0 Å². The van der Waals surface area contributed by atoms with Gasteiger partial charge >= 0.3 is 0 Å². The van der Waals surface area contributed by atoms with Crippen molar-refractivity contribution in [2.75, 3.05) is 13.7 Å². The first-order valence-electron chi connectivity index (χ1n) is 12.3. The van der Waals surface area contributed by atoms with Crippen LogP contribution in [0, 0.1) is 23.7 Å². The Morgan fingerprint density at radius 3 is 2.79 bits per heavy atom. The van der Waals surface area contributed by atoms with Crippen LogP contribution in [0.1, 0.15) is 29.6 Å². The predicted molar refractivity (Wildman–Crippen MR) is 126 cm³/mol. The number of nitrogens with zero attached hydrogens (tertiary/aromatic N) is 6. The topological polar surface area (TPSA) is 78.1 Å². The van der Waals surface area contributed by atoms with Gasteiger partial charge in [0.05, 0.1) is 18.4 Å². The highest BCUT2D eigenvalue weighted by Crippen LogP contribution is 2.67. The molecule has 1 unspecified atom stereocenters. The van der Waals surface area contributed by atoms with Crippen molar-refractivity contribution in [3.63, 3.8) is 0 Å². The van der Waals surface area contributed by atoms with Gasteiger partial charge in [-0.05, 0) is 61.1 Å². The quantitative estimate of drug-likeness (QED) is 0.461. The number of imidazole rings is 1. The Morgan fingerprint density at radius 1 is 1.18 bits per heavy atom. The summed E-state index contributed by atoms with van der Waals surface area (Å²) in [6, 6.07) is 8.51. The van der Waals surface area contributed by atoms with E-state index in [2.05, 4.69) is 26.6 Å². The van der Waals surface area contributed by atoms with Crippen LogP contribution in [0.2, 0.25) is 0 Å². The van der Waals surface area contributed by atoms with Crippen molar-refractivity contribution in [1.82, 2.24) is 29.0 Å². The highest BCUT2D eigenvalue weighted by molar-refractivity contribution is 5.97. The summed E-state index contributed by atoms with van der Waals surface area (Å²) in [5.74, 6) is 4.52. The summed E-state index contributed by atoms with van der Waals surface area (Å²) >= 11 is 0. The molecule has 4 aromatic rings. The molecule has 34 heavy (non-hydrogen) atoms. The molecular weight excluding hydrogens is 428 g/mol. The number of fused-ring (bicyclic) bond motifs is 3. The highest BCUT2D eigenvalue weighted by atomic mass is 16.5. The second kappa shape index (κ2) is 6.37. The fourth-order valence-electron chi connectivity index (χ4n) is 6.59. The molecule has 5 heterocycles. The number of rotatable bonds is 5. The van der Waals surface area contributed by atoms with E-state index < -0.39 is 0 Å². The monoisotopic (exact) mass is 454 g/mol. The summed E-state index contributed by atoms with van der Waals surface area (Å²) in [6.45, 7) is 1.83. The molecule has 4 aromatic heterocycles. The van der Waals surface area contributed by atoms with E-state index >= 15 is 0 Å². The number of carbonyl (C=O) groups excluding carboxylic acids is 1. The van der Waals surface area contributed by atoms with Gasteiger partial charge in [0.2, 0.25) is 5.88 Å². The van der Waals surface area contributed by atoms with Crippen LogP contribution in [0.15, 0.2) is 30.5 Å². The summed E-state index contributed by atoms with van der Waals surface area (Å²) in [4.78, 5) is 29.7. The second-order valence-corrected chi connectivity index (χ2v) is 10.6. The maximum atomic E-state index is 13.2. The third-order valence-electron chi connectivity index (χ3n) is 8.61. The van der Waals surface area contributed by atoms with Crippen molar-refractivity contribution in [3.05, 3.63) is 36.0 Å². The van der Waals surface area contributed by atoms with Gasteiger partial charge in [0.1, 0.15) is 11.2 Å². The molecule has 8 rings (SSSR count). The SMILES string of the molecule is COc1ccc2cc(-c3nc4cc(C(=O)N5C[C@H]6CC7[C@H]6[C@@H]75)cnc4n3C)n(CC3CC3)c2n1. The van der Waals surface area contributed by atoms with Crippen molar-refractivity contribution in [2.24, 2.45) is 30.7 Å². The van der Waals surface area contributed by atoms with Gasteiger partial charge in [-0.25, -0.2) is 9.97 Å². The van der Waals surface area contributed by atoms with Crippen LogP contribution in [0.25, 0.3) is 33.7 Å². The number of hydrogen-bond acceptors (Lipinski definition) is 5. The third-order valence-corrected chi connectivity index (χ3v) is 8.61. The van der Waals surface area contributed by atoms with Crippen LogP contribution in [0.5, 0.6) is 5.88 Å². The lowest BCUT2D eigenvalue weighted by Crippen LogP contribution is -2.38. The van der Waals surface area contributed by atoms with Gasteiger partial charge < -0.3 is 18.8 Å². The van der Waals surface area contributed by atoms with Crippen LogP contribution in [-0.2, 0) is 13.6 Å². The fourth-order valence-corrected chi connectivity index (χ4v) is 6.59. The molecule has 1 amide bonds. The summed E-state index contributed by atoms with van der Waals surface area (Å²) < 4.78 is 9.69. The van der Waals surface area contributed by atoms with Gasteiger partial charge in [-0.2, -0.15) is 4.98 Å². The first-order chi connectivity index (χ1) is 16.6. The van der Waals surface area contributed by atoms with Gasteiger partial charge in [0, 0.05) is 43.8 Å². The molecule has 0 N–H and O–H groups in total. The number of aryl methyl sites for hydroxylation is 1. The van der Waals surface area contributed by atoms with Crippen LogP contribution in [0.3, 0.4) is 0 Å². The maximum absolute atomic E-state index is 13.2. The van der Waals surface area contributed by atoms with Crippen molar-refractivity contribution in [1.29, 1.82) is 0 Å². The number of hydrogen-bond donors (Lipinski definition) is 0. The van der Waals surface area contributed by atoms with Crippen molar-refractivity contribution < 1.29 is 9.53 Å². The molecule has 1 saturated heterocycles. The largest absolute Gasteiger partial charge is 0.481 e. The zero-order valence-corrected chi connectivity index (χ0v) is 19.3. The normalized spacial score (nSPS) is 26.7. The Hall–Kier alpha value is -3.42. The van der Waals surface area contributed by atoms with Crippen molar-refractivity contribution in [2.45, 2.75) is 31.8 Å². The summed E-state index contributed by atoms with van der Waals surface area (Å²) in [5, 5.41) is 1.07. The van der Waals surface area contributed by atoms with Gasteiger partial charge in [-0.15, -0.1) is 0 Å². The molecule has 0 spiro atoms. The van der Waals surface area contributed by atoms with E-state index in [1.165, 1.54) is 19.3 Å². The molecular formula is C26H26N6O2. The molecule has 4 aliphatic rings. The number of methoxy groups -OCH3 is 1. The Kier molecular flexibility index (Phi) is 3.55. The van der Waals surface area contributed by atoms with E-state index in [1.54, 1.807) is 13.3 Å². The highest BCUT2D eigenvalue weighted by Gasteiger charge is 2.70. The molecule has 3 saturated carbocycles. The number of piperidine rings is 2. The third kappa shape index (κ3) is 2.48. The molecule has 0 aromatic carbocycles. The zero-order valence-electron chi connectivity index (χ0n) is 19.3. The minimum atomic E-state index is 0.112.